The molecular formula is C20H22N2O. The maximum absolute atomic E-state index is 9.64. The largest absolute Gasteiger partial charge is 0.392 e. The Morgan fingerprint density at radius 1 is 1.04 bits per heavy atom. The highest BCUT2D eigenvalue weighted by Crippen LogP contribution is 2.24. The summed E-state index contributed by atoms with van der Waals surface area (Å²) in [6, 6.07) is 17.1. The van der Waals surface area contributed by atoms with Gasteiger partial charge in [0.25, 0.3) is 0 Å². The molecule has 1 aromatic heterocycles. The van der Waals surface area contributed by atoms with E-state index in [0.29, 0.717) is 0 Å². The fourth-order valence-corrected chi connectivity index (χ4v) is 2.93. The van der Waals surface area contributed by atoms with Gasteiger partial charge in [0.1, 0.15) is 0 Å². The molecule has 0 saturated carbocycles. The van der Waals surface area contributed by atoms with Gasteiger partial charge in [-0.05, 0) is 42.0 Å². The van der Waals surface area contributed by atoms with Crippen molar-refractivity contribution in [3.63, 3.8) is 0 Å². The van der Waals surface area contributed by atoms with Crippen molar-refractivity contribution in [2.75, 3.05) is 0 Å². The number of rotatable bonds is 6. The Hall–Kier alpha value is -2.39. The van der Waals surface area contributed by atoms with Gasteiger partial charge in [-0.3, -0.25) is 0 Å². The Morgan fingerprint density at radius 2 is 1.83 bits per heavy atom. The zero-order chi connectivity index (χ0) is 16.1. The van der Waals surface area contributed by atoms with Gasteiger partial charge in [-0.25, -0.2) is 4.98 Å². The predicted molar refractivity (Wildman–Crippen MR) is 92.3 cm³/mol. The molecule has 1 unspecified atom stereocenters. The number of hydrogen-bond acceptors (Lipinski definition) is 2. The minimum absolute atomic E-state index is 0.0628. The SMILES string of the molecule is CC(c1cc(CCc2ccccc2)ccc1CO)n1ccnc1. The number of hydrogen-bond donors (Lipinski definition) is 1. The normalized spacial score (nSPS) is 12.3. The minimum atomic E-state index is 0.0628. The molecule has 1 heterocycles. The number of nitrogens with zero attached hydrogens (tertiary/aromatic N) is 2. The van der Waals surface area contributed by atoms with E-state index in [1.54, 1.807) is 6.20 Å². The third kappa shape index (κ3) is 3.69. The van der Waals surface area contributed by atoms with Gasteiger partial charge in [-0.2, -0.15) is 0 Å². The molecule has 0 aliphatic heterocycles. The lowest BCUT2D eigenvalue weighted by atomic mass is 9.96. The van der Waals surface area contributed by atoms with Crippen molar-refractivity contribution in [3.05, 3.63) is 89.5 Å². The van der Waals surface area contributed by atoms with Gasteiger partial charge in [-0.1, -0.05) is 48.5 Å². The number of benzene rings is 2. The summed E-state index contributed by atoms with van der Waals surface area (Å²) in [5, 5.41) is 9.64. The van der Waals surface area contributed by atoms with Crippen molar-refractivity contribution in [3.8, 4) is 0 Å². The molecule has 0 amide bonds. The van der Waals surface area contributed by atoms with Crippen LogP contribution in [-0.4, -0.2) is 14.7 Å². The fraction of sp³-hybridized carbons (Fsp3) is 0.250. The van der Waals surface area contributed by atoms with E-state index in [1.165, 1.54) is 11.1 Å². The molecule has 0 saturated heterocycles. The molecule has 118 valence electrons. The van der Waals surface area contributed by atoms with Crippen LogP contribution in [0.1, 0.15) is 35.2 Å². The van der Waals surface area contributed by atoms with Crippen molar-refractivity contribution < 1.29 is 5.11 Å². The number of imidazole rings is 1. The first-order chi connectivity index (χ1) is 11.3. The summed E-state index contributed by atoms with van der Waals surface area (Å²) in [5.41, 5.74) is 4.79. The minimum Gasteiger partial charge on any atom is -0.392 e. The summed E-state index contributed by atoms with van der Waals surface area (Å²) in [6.07, 6.45) is 7.59. The lowest BCUT2D eigenvalue weighted by molar-refractivity contribution is 0.279. The average Bonchev–Trinajstić information content (AvgIpc) is 3.14. The molecule has 0 aliphatic rings. The van der Waals surface area contributed by atoms with Crippen LogP contribution in [0.5, 0.6) is 0 Å². The molecule has 0 radical (unpaired) electrons. The van der Waals surface area contributed by atoms with Gasteiger partial charge in [0.05, 0.1) is 19.0 Å². The molecule has 3 nitrogen and oxygen atoms in total. The van der Waals surface area contributed by atoms with Crippen LogP contribution < -0.4 is 0 Å². The molecule has 0 spiro atoms. The topological polar surface area (TPSA) is 38.0 Å². The highest BCUT2D eigenvalue weighted by Gasteiger charge is 2.12. The standard InChI is InChI=1S/C20H22N2O/c1-16(22-12-11-21-15-22)20-13-18(9-10-19(20)14-23)8-7-17-5-3-2-4-6-17/h2-6,9-13,15-16,23H,7-8,14H2,1H3. The summed E-state index contributed by atoms with van der Waals surface area (Å²) < 4.78 is 2.06. The zero-order valence-corrected chi connectivity index (χ0v) is 13.4. The molecule has 3 heteroatoms. The molecule has 1 N–H and O–H groups in total. The third-order valence-electron chi connectivity index (χ3n) is 4.35. The Labute approximate surface area is 137 Å². The van der Waals surface area contributed by atoms with Gasteiger partial charge in [0.2, 0.25) is 0 Å². The van der Waals surface area contributed by atoms with Gasteiger partial charge in [0.15, 0.2) is 0 Å². The highest BCUT2D eigenvalue weighted by molar-refractivity contribution is 5.35. The van der Waals surface area contributed by atoms with Gasteiger partial charge < -0.3 is 9.67 Å². The zero-order valence-electron chi connectivity index (χ0n) is 13.4. The van der Waals surface area contributed by atoms with E-state index >= 15 is 0 Å². The average molecular weight is 306 g/mol. The molecule has 3 rings (SSSR count). The van der Waals surface area contributed by atoms with Crippen LogP contribution in [-0.2, 0) is 19.4 Å². The number of aryl methyl sites for hydroxylation is 2. The summed E-state index contributed by atoms with van der Waals surface area (Å²) >= 11 is 0. The van der Waals surface area contributed by atoms with E-state index in [0.717, 1.165) is 24.0 Å². The van der Waals surface area contributed by atoms with Crippen molar-refractivity contribution in [1.29, 1.82) is 0 Å². The molecule has 0 bridgehead atoms. The van der Waals surface area contributed by atoms with Crippen LogP contribution in [0.4, 0.5) is 0 Å². The summed E-state index contributed by atoms with van der Waals surface area (Å²) in [7, 11) is 0. The van der Waals surface area contributed by atoms with Crippen molar-refractivity contribution >= 4 is 0 Å². The van der Waals surface area contributed by atoms with Crippen molar-refractivity contribution in [2.24, 2.45) is 0 Å². The van der Waals surface area contributed by atoms with E-state index in [1.807, 2.05) is 24.7 Å². The monoisotopic (exact) mass is 306 g/mol. The van der Waals surface area contributed by atoms with E-state index in [-0.39, 0.29) is 12.6 Å². The van der Waals surface area contributed by atoms with Crippen LogP contribution in [0.15, 0.2) is 67.3 Å². The van der Waals surface area contributed by atoms with Gasteiger partial charge in [-0.15, -0.1) is 0 Å². The van der Waals surface area contributed by atoms with Crippen molar-refractivity contribution in [2.45, 2.75) is 32.4 Å². The second-order valence-corrected chi connectivity index (χ2v) is 5.86. The first kappa shape index (κ1) is 15.5. The van der Waals surface area contributed by atoms with Crippen LogP contribution in [0, 0.1) is 0 Å². The number of aromatic nitrogens is 2. The molecule has 23 heavy (non-hydrogen) atoms. The van der Waals surface area contributed by atoms with Gasteiger partial charge in [0, 0.05) is 12.4 Å². The summed E-state index contributed by atoms with van der Waals surface area (Å²) in [5.74, 6) is 0. The predicted octanol–water partition coefficient (Wildman–Crippen LogP) is 3.77. The lowest BCUT2D eigenvalue weighted by Crippen LogP contribution is -2.08. The van der Waals surface area contributed by atoms with Gasteiger partial charge >= 0.3 is 0 Å². The Balaban J connectivity index is 1.81. The second-order valence-electron chi connectivity index (χ2n) is 5.86. The molecule has 0 fully saturated rings. The van der Waals surface area contributed by atoms with E-state index in [2.05, 4.69) is 52.9 Å². The van der Waals surface area contributed by atoms with E-state index in [4.69, 9.17) is 0 Å². The van der Waals surface area contributed by atoms with Crippen LogP contribution in [0.3, 0.4) is 0 Å². The Bertz CT molecular complexity index is 736. The molecule has 3 aromatic rings. The molecule has 0 aliphatic carbocycles. The first-order valence-electron chi connectivity index (χ1n) is 8.02. The van der Waals surface area contributed by atoms with E-state index < -0.39 is 0 Å². The Morgan fingerprint density at radius 3 is 2.52 bits per heavy atom. The van der Waals surface area contributed by atoms with Crippen LogP contribution in [0.25, 0.3) is 0 Å². The first-order valence-corrected chi connectivity index (χ1v) is 8.02. The smallest absolute Gasteiger partial charge is 0.0951 e. The maximum Gasteiger partial charge on any atom is 0.0951 e. The maximum atomic E-state index is 9.64. The number of aliphatic hydroxyl groups excluding tert-OH is 1. The van der Waals surface area contributed by atoms with Crippen LogP contribution >= 0.6 is 0 Å². The van der Waals surface area contributed by atoms with E-state index in [9.17, 15) is 5.11 Å². The van der Waals surface area contributed by atoms with Crippen LogP contribution in [0.2, 0.25) is 0 Å². The molecular weight excluding hydrogens is 284 g/mol. The molecule has 2 aromatic carbocycles. The Kier molecular flexibility index (Phi) is 4.89. The lowest BCUT2D eigenvalue weighted by Gasteiger charge is -2.18. The molecule has 1 atom stereocenters. The second kappa shape index (κ2) is 7.25. The summed E-state index contributed by atoms with van der Waals surface area (Å²) in [6.45, 7) is 2.20. The fourth-order valence-electron chi connectivity index (χ4n) is 2.93. The third-order valence-corrected chi connectivity index (χ3v) is 4.35. The number of aliphatic hydroxyl groups is 1. The van der Waals surface area contributed by atoms with Crippen molar-refractivity contribution in [1.82, 2.24) is 9.55 Å². The summed E-state index contributed by atoms with van der Waals surface area (Å²) in [4.78, 5) is 4.12. The highest BCUT2D eigenvalue weighted by atomic mass is 16.3. The quantitative estimate of drug-likeness (QED) is 0.753.